The van der Waals surface area contributed by atoms with Gasteiger partial charge < -0.3 is 32.8 Å². The molecule has 0 spiro atoms. The summed E-state index contributed by atoms with van der Waals surface area (Å²) in [6.07, 6.45) is 1.77. The third kappa shape index (κ3) is 10.9. The van der Waals surface area contributed by atoms with E-state index in [1.165, 1.54) is 4.90 Å². The summed E-state index contributed by atoms with van der Waals surface area (Å²) >= 11 is 0. The van der Waals surface area contributed by atoms with E-state index in [-0.39, 0.29) is 22.9 Å². The van der Waals surface area contributed by atoms with Crippen molar-refractivity contribution in [1.29, 1.82) is 0 Å². The van der Waals surface area contributed by atoms with Crippen LogP contribution >= 0.6 is 0 Å². The van der Waals surface area contributed by atoms with Crippen LogP contribution in [0, 0.1) is 17.8 Å². The number of cyclic esters (lactones) is 1. The zero-order valence-corrected chi connectivity index (χ0v) is 35.7. The average Bonchev–Trinajstić information content (AvgIpc) is 3.36. The number of anilines is 1. The molecule has 0 N–H and O–H groups in total. The molecule has 4 rings (SSSR count). The van der Waals surface area contributed by atoms with Gasteiger partial charge in [0.2, 0.25) is 0 Å². The van der Waals surface area contributed by atoms with Crippen LogP contribution in [-0.2, 0) is 30.3 Å². The van der Waals surface area contributed by atoms with Gasteiger partial charge in [0, 0.05) is 30.5 Å². The molecule has 1 amide bonds. The highest BCUT2D eigenvalue weighted by molar-refractivity contribution is 6.74. The molecule has 0 unspecified atom stereocenters. The minimum atomic E-state index is -2.52. The van der Waals surface area contributed by atoms with Gasteiger partial charge in [-0.2, -0.15) is 0 Å². The van der Waals surface area contributed by atoms with E-state index in [0.29, 0.717) is 30.2 Å². The summed E-state index contributed by atoms with van der Waals surface area (Å²) in [4.78, 5) is 29.4. The lowest BCUT2D eigenvalue weighted by atomic mass is 9.99. The highest BCUT2D eigenvalue weighted by Crippen LogP contribution is 2.41. The molecule has 10 nitrogen and oxygen atoms in total. The maximum absolute atomic E-state index is 14.3. The first-order chi connectivity index (χ1) is 25.0. The van der Waals surface area contributed by atoms with Gasteiger partial charge >= 0.3 is 12.1 Å². The van der Waals surface area contributed by atoms with E-state index in [1.807, 2.05) is 91.8 Å². The van der Waals surface area contributed by atoms with Gasteiger partial charge in [-0.05, 0) is 90.4 Å². The van der Waals surface area contributed by atoms with Gasteiger partial charge in [-0.1, -0.05) is 63.8 Å². The van der Waals surface area contributed by atoms with Crippen LogP contribution < -0.4 is 14.1 Å². The van der Waals surface area contributed by atoms with Crippen molar-refractivity contribution in [2.75, 3.05) is 18.6 Å². The highest BCUT2D eigenvalue weighted by Gasteiger charge is 2.45. The molecule has 11 heteroatoms. The van der Waals surface area contributed by atoms with E-state index in [2.05, 4.69) is 45.7 Å². The summed E-state index contributed by atoms with van der Waals surface area (Å²) in [7, 11) is -0.885. The predicted octanol–water partition coefficient (Wildman–Crippen LogP) is 9.44. The Hall–Kier alpha value is -3.82. The number of hydrogen-bond acceptors (Lipinski definition) is 9. The number of carbonyl (C=O) groups excluding carboxylic acids is 2. The lowest BCUT2D eigenvalue weighted by Crippen LogP contribution is -2.44. The third-order valence-corrected chi connectivity index (χ3v) is 14.4. The third-order valence-electron chi connectivity index (χ3n) is 10.0. The van der Waals surface area contributed by atoms with E-state index in [0.717, 1.165) is 11.3 Å². The molecule has 1 fully saturated rings. The van der Waals surface area contributed by atoms with E-state index >= 15 is 0 Å². The lowest BCUT2D eigenvalue weighted by molar-refractivity contribution is -0.156. The van der Waals surface area contributed by atoms with Crippen LogP contribution in [0.3, 0.4) is 0 Å². The number of hydrogen-bond donors (Lipinski definition) is 0. The molecule has 0 radical (unpaired) electrons. The van der Waals surface area contributed by atoms with Crippen LogP contribution in [-0.4, -0.2) is 69.8 Å². The molecule has 5 atom stereocenters. The Morgan fingerprint density at radius 1 is 1.02 bits per heavy atom. The van der Waals surface area contributed by atoms with Crippen molar-refractivity contribution >= 4 is 26.1 Å². The van der Waals surface area contributed by atoms with Gasteiger partial charge in [-0.25, -0.2) is 9.59 Å². The van der Waals surface area contributed by atoms with E-state index in [4.69, 9.17) is 32.8 Å². The molecule has 0 aliphatic carbocycles. The van der Waals surface area contributed by atoms with Gasteiger partial charge in [0.05, 0.1) is 19.4 Å². The number of ether oxygens (including phenoxy) is 6. The molecule has 2 aromatic carbocycles. The number of carbonyl (C=O) groups is 2. The molecule has 0 saturated carbocycles. The standard InChI is InChI=1S/C43H61NO9Si/c1-15-44(40(46)52-41(4,5)6)32-25-31-17-16-18-35-38(51-43(10,11)50-35)34(48-27-30-20-22-33(47-12)23-21-30)24-19-28(2)29(3)49-39(45)37(31)36(26-32)53-54(13,14)42(7,8)9/h19-26,28-29,34-35,38H,15,18,27H2,1-14H3/t28-,29+,34-,35+,38-/m1/s1. The Morgan fingerprint density at radius 3 is 2.28 bits per heavy atom. The molecule has 0 bridgehead atoms. The quantitative estimate of drug-likeness (QED) is 0.113. The number of rotatable bonds is 8. The maximum atomic E-state index is 14.3. The summed E-state index contributed by atoms with van der Waals surface area (Å²) in [5.74, 6) is 6.01. The number of nitrogens with zero attached hydrogens (tertiary/aromatic N) is 1. The van der Waals surface area contributed by atoms with Gasteiger partial charge in [0.15, 0.2) is 5.79 Å². The minimum Gasteiger partial charge on any atom is -0.543 e. The minimum absolute atomic E-state index is 0.192. The molecule has 296 valence electrons. The Bertz CT molecular complexity index is 1730. The van der Waals surface area contributed by atoms with E-state index in [1.54, 1.807) is 19.2 Å². The van der Waals surface area contributed by atoms with Crippen LogP contribution in [0.2, 0.25) is 18.1 Å². The Labute approximate surface area is 323 Å². The van der Waals surface area contributed by atoms with Crippen molar-refractivity contribution in [3.05, 3.63) is 65.2 Å². The van der Waals surface area contributed by atoms with Crippen LogP contribution in [0.4, 0.5) is 10.5 Å². The Balaban J connectivity index is 1.85. The molecule has 2 aliphatic heterocycles. The highest BCUT2D eigenvalue weighted by atomic mass is 28.4. The van der Waals surface area contributed by atoms with Crippen LogP contribution in [0.1, 0.15) is 104 Å². The Kier molecular flexibility index (Phi) is 13.4. The number of amides is 1. The van der Waals surface area contributed by atoms with E-state index < -0.39 is 56.2 Å². The zero-order chi connectivity index (χ0) is 40.2. The van der Waals surface area contributed by atoms with Crippen molar-refractivity contribution < 1.29 is 42.4 Å². The fourth-order valence-corrected chi connectivity index (χ4v) is 6.82. The fraction of sp³-hybridized carbons (Fsp3) is 0.581. The second-order valence-corrected chi connectivity index (χ2v) is 21.8. The van der Waals surface area contributed by atoms with Gasteiger partial charge in [0.25, 0.3) is 8.32 Å². The van der Waals surface area contributed by atoms with Crippen molar-refractivity contribution in [2.24, 2.45) is 5.92 Å². The largest absolute Gasteiger partial charge is 0.543 e. The summed E-state index contributed by atoms with van der Waals surface area (Å²) in [5.41, 5.74) is 1.36. The first-order valence-corrected chi connectivity index (χ1v) is 21.8. The number of methoxy groups -OCH3 is 1. The normalized spacial score (nSPS) is 23.1. The molecule has 2 heterocycles. The molecule has 0 aromatic heterocycles. The summed E-state index contributed by atoms with van der Waals surface area (Å²) in [5, 5.41) is -0.192. The first-order valence-electron chi connectivity index (χ1n) is 18.9. The Morgan fingerprint density at radius 2 is 1.69 bits per heavy atom. The molecule has 2 aliphatic rings. The van der Waals surface area contributed by atoms with Crippen molar-refractivity contribution in [3.8, 4) is 23.3 Å². The number of fused-ring (bicyclic) bond motifs is 2. The van der Waals surface area contributed by atoms with Crippen LogP contribution in [0.5, 0.6) is 11.5 Å². The fourth-order valence-electron chi connectivity index (χ4n) is 5.81. The number of esters is 1. The first kappa shape index (κ1) is 42.9. The average molecular weight is 764 g/mol. The van der Waals surface area contributed by atoms with Gasteiger partial charge in [-0.3, -0.25) is 4.90 Å². The molecular weight excluding hydrogens is 703 g/mol. The molecule has 54 heavy (non-hydrogen) atoms. The lowest BCUT2D eigenvalue weighted by Gasteiger charge is -2.37. The van der Waals surface area contributed by atoms with E-state index in [9.17, 15) is 9.59 Å². The zero-order valence-electron chi connectivity index (χ0n) is 34.7. The SMILES string of the molecule is CCN(C(=O)OC(C)(C)C)c1cc2c(c(O[Si](C)(C)C(C)(C)C)c1)C(=O)O[C@@H](C)[C@H](C)C=C[C@@H](OCc1ccc(OC)cc1)[C@H]1OC(C)(C)O[C@H]1CC#C2. The van der Waals surface area contributed by atoms with Gasteiger partial charge in [-0.15, -0.1) is 0 Å². The molecular formula is C43H61NO9Si. The summed E-state index contributed by atoms with van der Waals surface area (Å²) in [6, 6.07) is 11.2. The van der Waals surface area contributed by atoms with Crippen molar-refractivity contribution in [2.45, 2.75) is 143 Å². The second-order valence-electron chi connectivity index (χ2n) is 17.1. The second kappa shape index (κ2) is 16.9. The molecule has 1 saturated heterocycles. The van der Waals surface area contributed by atoms with Crippen LogP contribution in [0.25, 0.3) is 0 Å². The topological polar surface area (TPSA) is 102 Å². The van der Waals surface area contributed by atoms with Gasteiger partial charge in [0.1, 0.15) is 47.1 Å². The van der Waals surface area contributed by atoms with Crippen molar-refractivity contribution in [3.63, 3.8) is 0 Å². The summed E-state index contributed by atoms with van der Waals surface area (Å²) < 4.78 is 43.6. The van der Waals surface area contributed by atoms with Crippen molar-refractivity contribution in [1.82, 2.24) is 0 Å². The maximum Gasteiger partial charge on any atom is 0.414 e. The summed E-state index contributed by atoms with van der Waals surface area (Å²) in [6.45, 7) is 26.2. The van der Waals surface area contributed by atoms with Crippen LogP contribution in [0.15, 0.2) is 48.6 Å². The predicted molar refractivity (Wildman–Crippen MR) is 214 cm³/mol. The molecule has 2 aromatic rings. The monoisotopic (exact) mass is 763 g/mol. The smallest absolute Gasteiger partial charge is 0.414 e. The number of benzene rings is 2.